The number of hydrogen-bond donors (Lipinski definition) is 1. The standard InChI is InChI=1S/C12H14ClNOS/c1-3-7-14(4-2)12(15)10-8-9(16)5-6-11(10)13/h3,5-6,8,16H,1,4,7H2,2H3. The van der Waals surface area contributed by atoms with Gasteiger partial charge in [-0.05, 0) is 25.1 Å². The van der Waals surface area contributed by atoms with Gasteiger partial charge >= 0.3 is 0 Å². The van der Waals surface area contributed by atoms with Gasteiger partial charge in [0.1, 0.15) is 0 Å². The minimum absolute atomic E-state index is 0.0942. The number of likely N-dealkylation sites (N-methyl/N-ethyl adjacent to an activating group) is 1. The van der Waals surface area contributed by atoms with E-state index >= 15 is 0 Å². The van der Waals surface area contributed by atoms with Crippen molar-refractivity contribution in [3.8, 4) is 0 Å². The highest BCUT2D eigenvalue weighted by Gasteiger charge is 2.16. The molecule has 0 unspecified atom stereocenters. The average Bonchev–Trinajstić information content (AvgIpc) is 2.28. The number of nitrogens with zero attached hydrogens (tertiary/aromatic N) is 1. The molecule has 1 amide bonds. The summed E-state index contributed by atoms with van der Waals surface area (Å²) in [4.78, 5) is 14.5. The monoisotopic (exact) mass is 255 g/mol. The summed E-state index contributed by atoms with van der Waals surface area (Å²) >= 11 is 10.2. The first-order valence-electron chi connectivity index (χ1n) is 4.98. The molecule has 0 aliphatic rings. The summed E-state index contributed by atoms with van der Waals surface area (Å²) in [5.41, 5.74) is 0.484. The van der Waals surface area contributed by atoms with E-state index in [-0.39, 0.29) is 5.91 Å². The number of rotatable bonds is 4. The molecular weight excluding hydrogens is 242 g/mol. The highest BCUT2D eigenvalue weighted by atomic mass is 35.5. The maximum atomic E-state index is 12.1. The van der Waals surface area contributed by atoms with Gasteiger partial charge in [-0.25, -0.2) is 0 Å². The van der Waals surface area contributed by atoms with Gasteiger partial charge in [-0.15, -0.1) is 19.2 Å². The van der Waals surface area contributed by atoms with Crippen LogP contribution in [0.5, 0.6) is 0 Å². The fraction of sp³-hybridized carbons (Fsp3) is 0.250. The summed E-state index contributed by atoms with van der Waals surface area (Å²) in [6.07, 6.45) is 1.69. The topological polar surface area (TPSA) is 20.3 Å². The Morgan fingerprint density at radius 2 is 2.31 bits per heavy atom. The first-order chi connectivity index (χ1) is 7.60. The van der Waals surface area contributed by atoms with Crippen LogP contribution in [0.15, 0.2) is 35.7 Å². The second kappa shape index (κ2) is 5.97. The van der Waals surface area contributed by atoms with Gasteiger partial charge in [0.25, 0.3) is 5.91 Å². The Morgan fingerprint density at radius 1 is 1.62 bits per heavy atom. The molecule has 0 aromatic heterocycles. The van der Waals surface area contributed by atoms with Crippen LogP contribution in [0, 0.1) is 0 Å². The maximum Gasteiger partial charge on any atom is 0.255 e. The van der Waals surface area contributed by atoms with Gasteiger partial charge in [0.05, 0.1) is 10.6 Å². The van der Waals surface area contributed by atoms with Crippen molar-refractivity contribution in [2.24, 2.45) is 0 Å². The lowest BCUT2D eigenvalue weighted by Crippen LogP contribution is -2.31. The third-order valence-electron chi connectivity index (χ3n) is 2.20. The predicted octanol–water partition coefficient (Wildman–Crippen LogP) is 3.28. The molecule has 0 aliphatic heterocycles. The number of halogens is 1. The van der Waals surface area contributed by atoms with Gasteiger partial charge in [-0.2, -0.15) is 0 Å². The molecule has 1 aromatic carbocycles. The third-order valence-corrected chi connectivity index (χ3v) is 2.81. The molecule has 0 saturated heterocycles. The van der Waals surface area contributed by atoms with E-state index in [1.807, 2.05) is 6.92 Å². The number of hydrogen-bond acceptors (Lipinski definition) is 2. The van der Waals surface area contributed by atoms with Gasteiger partial charge in [0.2, 0.25) is 0 Å². The molecule has 16 heavy (non-hydrogen) atoms. The molecule has 0 fully saturated rings. The minimum Gasteiger partial charge on any atom is -0.335 e. The molecule has 0 saturated carbocycles. The first-order valence-corrected chi connectivity index (χ1v) is 5.81. The number of amides is 1. The lowest BCUT2D eigenvalue weighted by molar-refractivity contribution is 0.0782. The SMILES string of the molecule is C=CCN(CC)C(=O)c1cc(S)ccc1Cl. The smallest absolute Gasteiger partial charge is 0.255 e. The molecule has 1 rings (SSSR count). The predicted molar refractivity (Wildman–Crippen MR) is 70.5 cm³/mol. The van der Waals surface area contributed by atoms with Crippen molar-refractivity contribution < 1.29 is 4.79 Å². The lowest BCUT2D eigenvalue weighted by Gasteiger charge is -2.19. The van der Waals surface area contributed by atoms with Crippen LogP contribution in [-0.4, -0.2) is 23.9 Å². The number of benzene rings is 1. The molecule has 0 aliphatic carbocycles. The van der Waals surface area contributed by atoms with Gasteiger partial charge in [0, 0.05) is 18.0 Å². The molecule has 86 valence electrons. The highest BCUT2D eigenvalue weighted by Crippen LogP contribution is 2.21. The molecule has 4 heteroatoms. The van der Waals surface area contributed by atoms with E-state index in [9.17, 15) is 4.79 Å². The summed E-state index contributed by atoms with van der Waals surface area (Å²) in [6.45, 7) is 6.68. The Bertz CT molecular complexity index is 406. The number of carbonyl (C=O) groups is 1. The second-order valence-electron chi connectivity index (χ2n) is 3.30. The minimum atomic E-state index is -0.0942. The molecular formula is C12H14ClNOS. The summed E-state index contributed by atoms with van der Waals surface area (Å²) in [7, 11) is 0. The summed E-state index contributed by atoms with van der Waals surface area (Å²) < 4.78 is 0. The fourth-order valence-electron chi connectivity index (χ4n) is 1.36. The van der Waals surface area contributed by atoms with E-state index in [2.05, 4.69) is 19.2 Å². The van der Waals surface area contributed by atoms with Gasteiger partial charge in [-0.1, -0.05) is 17.7 Å². The van der Waals surface area contributed by atoms with E-state index in [1.165, 1.54) is 0 Å². The molecule has 0 N–H and O–H groups in total. The van der Waals surface area contributed by atoms with Crippen LogP contribution >= 0.6 is 24.2 Å². The molecule has 1 aromatic rings. The van der Waals surface area contributed by atoms with Crippen LogP contribution in [-0.2, 0) is 0 Å². The normalized spacial score (nSPS) is 9.94. The summed E-state index contributed by atoms with van der Waals surface area (Å²) in [6, 6.07) is 5.12. The van der Waals surface area contributed by atoms with Gasteiger partial charge < -0.3 is 4.90 Å². The lowest BCUT2D eigenvalue weighted by atomic mass is 10.2. The summed E-state index contributed by atoms with van der Waals surface area (Å²) in [5, 5.41) is 0.449. The fourth-order valence-corrected chi connectivity index (χ4v) is 1.76. The molecule has 0 heterocycles. The van der Waals surface area contributed by atoms with Gasteiger partial charge in [0.15, 0.2) is 0 Å². The zero-order valence-corrected chi connectivity index (χ0v) is 10.8. The van der Waals surface area contributed by atoms with Gasteiger partial charge in [-0.3, -0.25) is 4.79 Å². The first kappa shape index (κ1) is 13.1. The largest absolute Gasteiger partial charge is 0.335 e. The third kappa shape index (κ3) is 3.03. The van der Waals surface area contributed by atoms with E-state index < -0.39 is 0 Å². The van der Waals surface area contributed by atoms with Crippen LogP contribution in [0.1, 0.15) is 17.3 Å². The number of thiol groups is 1. The average molecular weight is 256 g/mol. The van der Waals surface area contributed by atoms with Crippen LogP contribution in [0.2, 0.25) is 5.02 Å². The van der Waals surface area contributed by atoms with Crippen LogP contribution in [0.25, 0.3) is 0 Å². The van der Waals surface area contributed by atoms with Crippen LogP contribution in [0.4, 0.5) is 0 Å². The molecule has 0 atom stereocenters. The van der Waals surface area contributed by atoms with Crippen molar-refractivity contribution in [3.05, 3.63) is 41.4 Å². The second-order valence-corrected chi connectivity index (χ2v) is 4.22. The van der Waals surface area contributed by atoms with Crippen LogP contribution in [0.3, 0.4) is 0 Å². The van der Waals surface area contributed by atoms with E-state index in [1.54, 1.807) is 29.2 Å². The van der Waals surface area contributed by atoms with E-state index in [0.29, 0.717) is 23.7 Å². The zero-order chi connectivity index (χ0) is 12.1. The van der Waals surface area contributed by atoms with Crippen molar-refractivity contribution in [2.75, 3.05) is 13.1 Å². The Balaban J connectivity index is 3.02. The van der Waals surface area contributed by atoms with Crippen molar-refractivity contribution in [1.82, 2.24) is 4.90 Å². The molecule has 0 radical (unpaired) electrons. The van der Waals surface area contributed by atoms with Crippen molar-refractivity contribution >= 4 is 30.1 Å². The Labute approximate surface area is 106 Å². The molecule has 0 spiro atoms. The highest BCUT2D eigenvalue weighted by molar-refractivity contribution is 7.80. The van der Waals surface area contributed by atoms with E-state index in [0.717, 1.165) is 4.90 Å². The Morgan fingerprint density at radius 3 is 2.88 bits per heavy atom. The Hall–Kier alpha value is -0.930. The van der Waals surface area contributed by atoms with Crippen molar-refractivity contribution in [3.63, 3.8) is 0 Å². The number of carbonyl (C=O) groups excluding carboxylic acids is 1. The van der Waals surface area contributed by atoms with Crippen molar-refractivity contribution in [2.45, 2.75) is 11.8 Å². The van der Waals surface area contributed by atoms with Crippen LogP contribution < -0.4 is 0 Å². The van der Waals surface area contributed by atoms with Crippen molar-refractivity contribution in [1.29, 1.82) is 0 Å². The Kier molecular flexibility index (Phi) is 4.90. The maximum absolute atomic E-state index is 12.1. The molecule has 0 bridgehead atoms. The zero-order valence-electron chi connectivity index (χ0n) is 9.11. The quantitative estimate of drug-likeness (QED) is 0.647. The summed E-state index contributed by atoms with van der Waals surface area (Å²) in [5.74, 6) is -0.0942. The van der Waals surface area contributed by atoms with E-state index in [4.69, 9.17) is 11.6 Å². The molecule has 2 nitrogen and oxygen atoms in total.